The van der Waals surface area contributed by atoms with E-state index in [1.54, 1.807) is 0 Å². The number of fused-ring (bicyclic) bond motifs is 1. The van der Waals surface area contributed by atoms with Crippen LogP contribution in [-0.2, 0) is 12.8 Å². The average Bonchev–Trinajstić information content (AvgIpc) is 3.09. The summed E-state index contributed by atoms with van der Waals surface area (Å²) < 4.78 is 0. The van der Waals surface area contributed by atoms with Gasteiger partial charge in [0.1, 0.15) is 11.4 Å². The van der Waals surface area contributed by atoms with Gasteiger partial charge in [-0.25, -0.2) is 9.78 Å². The molecule has 0 radical (unpaired) electrons. The number of carboxylic acid groups (broad SMARTS) is 1. The topological polar surface area (TPSA) is 62.2 Å². The number of nitrogens with one attached hydrogen (secondary N) is 1. The van der Waals surface area contributed by atoms with Crippen molar-refractivity contribution in [2.75, 3.05) is 5.32 Å². The summed E-state index contributed by atoms with van der Waals surface area (Å²) >= 11 is 0. The molecule has 102 valence electrons. The molecule has 0 amide bonds. The van der Waals surface area contributed by atoms with Crippen LogP contribution < -0.4 is 5.32 Å². The lowest BCUT2D eigenvalue weighted by atomic mass is 9.98. The van der Waals surface area contributed by atoms with Crippen LogP contribution in [0.1, 0.15) is 54.7 Å². The number of aromatic nitrogens is 1. The van der Waals surface area contributed by atoms with Crippen LogP contribution in [0.2, 0.25) is 0 Å². The molecule has 1 aromatic heterocycles. The molecular weight excluding hydrogens is 240 g/mol. The van der Waals surface area contributed by atoms with Crippen LogP contribution in [0, 0.1) is 5.92 Å². The van der Waals surface area contributed by atoms with Gasteiger partial charge in [-0.3, -0.25) is 0 Å². The van der Waals surface area contributed by atoms with Crippen molar-refractivity contribution in [1.29, 1.82) is 0 Å². The second kappa shape index (κ2) is 4.22. The molecule has 0 aliphatic heterocycles. The fraction of sp³-hybridized carbons (Fsp3) is 0.600. The molecule has 0 aromatic carbocycles. The Balaban J connectivity index is 1.97. The first-order valence-electron chi connectivity index (χ1n) is 7.01. The van der Waals surface area contributed by atoms with Crippen LogP contribution in [0.3, 0.4) is 0 Å². The Bertz CT molecular complexity index is 533. The molecule has 2 N–H and O–H groups in total. The number of rotatable bonds is 4. The number of carbonyl (C=O) groups is 1. The van der Waals surface area contributed by atoms with E-state index < -0.39 is 5.97 Å². The number of aryl methyl sites for hydroxylation is 2. The highest BCUT2D eigenvalue weighted by Gasteiger charge is 2.38. The van der Waals surface area contributed by atoms with Crippen LogP contribution in [0.5, 0.6) is 0 Å². The molecule has 0 spiro atoms. The van der Waals surface area contributed by atoms with Crippen molar-refractivity contribution in [3.8, 4) is 0 Å². The van der Waals surface area contributed by atoms with E-state index in [1.807, 2.05) is 6.07 Å². The number of anilines is 1. The predicted molar refractivity (Wildman–Crippen MR) is 73.6 cm³/mol. The molecule has 1 heterocycles. The summed E-state index contributed by atoms with van der Waals surface area (Å²) in [7, 11) is 0. The van der Waals surface area contributed by atoms with Gasteiger partial charge in [0, 0.05) is 11.2 Å². The maximum Gasteiger partial charge on any atom is 0.339 e. The number of pyridine rings is 1. The lowest BCUT2D eigenvalue weighted by Gasteiger charge is -2.28. The molecule has 0 saturated heterocycles. The highest BCUT2D eigenvalue weighted by atomic mass is 16.4. The molecule has 0 atom stereocenters. The van der Waals surface area contributed by atoms with Gasteiger partial charge in [-0.1, -0.05) is 0 Å². The summed E-state index contributed by atoms with van der Waals surface area (Å²) in [4.78, 5) is 16.0. The largest absolute Gasteiger partial charge is 0.478 e. The monoisotopic (exact) mass is 260 g/mol. The van der Waals surface area contributed by atoms with E-state index in [4.69, 9.17) is 0 Å². The second-order valence-electron chi connectivity index (χ2n) is 6.27. The molecule has 3 rings (SSSR count). The molecule has 0 unspecified atom stereocenters. The van der Waals surface area contributed by atoms with Crippen LogP contribution in [-0.4, -0.2) is 21.6 Å². The van der Waals surface area contributed by atoms with Gasteiger partial charge in [-0.15, -0.1) is 0 Å². The van der Waals surface area contributed by atoms with Crippen LogP contribution >= 0.6 is 0 Å². The summed E-state index contributed by atoms with van der Waals surface area (Å²) in [5.41, 5.74) is 2.41. The Morgan fingerprint density at radius 1 is 1.42 bits per heavy atom. The van der Waals surface area contributed by atoms with Gasteiger partial charge < -0.3 is 10.4 Å². The number of hydrogen-bond acceptors (Lipinski definition) is 3. The second-order valence-corrected chi connectivity index (χ2v) is 6.27. The van der Waals surface area contributed by atoms with Gasteiger partial charge in [0.25, 0.3) is 0 Å². The summed E-state index contributed by atoms with van der Waals surface area (Å²) in [6, 6.07) is 1.81. The van der Waals surface area contributed by atoms with Crippen molar-refractivity contribution >= 4 is 11.8 Å². The SMILES string of the molecule is CC(C)(Nc1nc2c(cc1C(=O)O)CCC2)C1CC1. The summed E-state index contributed by atoms with van der Waals surface area (Å²) in [5, 5.41) is 12.7. The van der Waals surface area contributed by atoms with Crippen LogP contribution in [0.25, 0.3) is 0 Å². The smallest absolute Gasteiger partial charge is 0.339 e. The minimum atomic E-state index is -0.892. The molecule has 1 saturated carbocycles. The molecule has 4 heteroatoms. The lowest BCUT2D eigenvalue weighted by Crippen LogP contribution is -2.34. The van der Waals surface area contributed by atoms with Gasteiger partial charge in [0.2, 0.25) is 0 Å². The van der Waals surface area contributed by atoms with Crippen molar-refractivity contribution in [3.05, 3.63) is 22.9 Å². The van der Waals surface area contributed by atoms with Crippen molar-refractivity contribution in [3.63, 3.8) is 0 Å². The first-order valence-corrected chi connectivity index (χ1v) is 7.01. The molecule has 2 aliphatic rings. The maximum absolute atomic E-state index is 11.4. The van der Waals surface area contributed by atoms with Gasteiger partial charge >= 0.3 is 5.97 Å². The number of aromatic carboxylic acids is 1. The minimum absolute atomic E-state index is 0.0793. The Labute approximate surface area is 113 Å². The first-order chi connectivity index (χ1) is 8.97. The standard InChI is InChI=1S/C15H20N2O2/c1-15(2,10-6-7-10)17-13-11(14(18)19)8-9-4-3-5-12(9)16-13/h8,10H,3-7H2,1-2H3,(H,16,17)(H,18,19). The van der Waals surface area contributed by atoms with Gasteiger partial charge in [-0.05, 0) is 63.5 Å². The highest BCUT2D eigenvalue weighted by Crippen LogP contribution is 2.41. The third kappa shape index (κ3) is 2.31. The van der Waals surface area contributed by atoms with Gasteiger partial charge in [0.05, 0.1) is 0 Å². The van der Waals surface area contributed by atoms with E-state index in [0.717, 1.165) is 30.5 Å². The fourth-order valence-corrected chi connectivity index (χ4v) is 2.94. The van der Waals surface area contributed by atoms with E-state index in [-0.39, 0.29) is 5.54 Å². The Morgan fingerprint density at radius 3 is 2.79 bits per heavy atom. The van der Waals surface area contributed by atoms with Gasteiger partial charge in [0.15, 0.2) is 0 Å². The van der Waals surface area contributed by atoms with E-state index in [0.29, 0.717) is 17.3 Å². The van der Waals surface area contributed by atoms with E-state index in [1.165, 1.54) is 12.8 Å². The van der Waals surface area contributed by atoms with Crippen molar-refractivity contribution < 1.29 is 9.90 Å². The third-order valence-electron chi connectivity index (χ3n) is 4.32. The summed E-state index contributed by atoms with van der Waals surface area (Å²) in [6.45, 7) is 4.26. The quantitative estimate of drug-likeness (QED) is 0.873. The normalized spacial score (nSPS) is 18.2. The van der Waals surface area contributed by atoms with E-state index in [9.17, 15) is 9.90 Å². The van der Waals surface area contributed by atoms with Crippen LogP contribution in [0.4, 0.5) is 5.82 Å². The Hall–Kier alpha value is -1.58. The summed E-state index contributed by atoms with van der Waals surface area (Å²) in [6.07, 6.45) is 5.43. The fourth-order valence-electron chi connectivity index (χ4n) is 2.94. The predicted octanol–water partition coefficient (Wildman–Crippen LogP) is 2.87. The first kappa shape index (κ1) is 12.5. The number of hydrogen-bond donors (Lipinski definition) is 2. The molecule has 0 bridgehead atoms. The zero-order valence-electron chi connectivity index (χ0n) is 11.5. The zero-order chi connectivity index (χ0) is 13.6. The molecule has 4 nitrogen and oxygen atoms in total. The van der Waals surface area contributed by atoms with Crippen molar-refractivity contribution in [2.45, 2.75) is 51.5 Å². The highest BCUT2D eigenvalue weighted by molar-refractivity contribution is 5.93. The maximum atomic E-state index is 11.4. The van der Waals surface area contributed by atoms with E-state index in [2.05, 4.69) is 24.1 Å². The molecular formula is C15H20N2O2. The number of carboxylic acids is 1. The summed E-state index contributed by atoms with van der Waals surface area (Å²) in [5.74, 6) is 0.283. The minimum Gasteiger partial charge on any atom is -0.478 e. The van der Waals surface area contributed by atoms with E-state index >= 15 is 0 Å². The third-order valence-corrected chi connectivity index (χ3v) is 4.32. The zero-order valence-corrected chi connectivity index (χ0v) is 11.5. The molecule has 2 aliphatic carbocycles. The van der Waals surface area contributed by atoms with Crippen LogP contribution in [0.15, 0.2) is 6.07 Å². The average molecular weight is 260 g/mol. The van der Waals surface area contributed by atoms with Crippen molar-refractivity contribution in [2.24, 2.45) is 5.92 Å². The lowest BCUT2D eigenvalue weighted by molar-refractivity contribution is 0.0697. The Kier molecular flexibility index (Phi) is 2.77. The molecule has 19 heavy (non-hydrogen) atoms. The molecule has 1 fully saturated rings. The molecule has 1 aromatic rings. The Morgan fingerprint density at radius 2 is 2.16 bits per heavy atom. The van der Waals surface area contributed by atoms with Crippen molar-refractivity contribution in [1.82, 2.24) is 4.98 Å². The number of nitrogens with zero attached hydrogens (tertiary/aromatic N) is 1. The van der Waals surface area contributed by atoms with Gasteiger partial charge in [-0.2, -0.15) is 0 Å².